The van der Waals surface area contributed by atoms with Gasteiger partial charge in [-0.2, -0.15) is 5.10 Å². The largest absolute Gasteiger partial charge is 0.396 e. The Hall–Kier alpha value is -1.75. The predicted molar refractivity (Wildman–Crippen MR) is 70.1 cm³/mol. The molecule has 19 heavy (non-hydrogen) atoms. The summed E-state index contributed by atoms with van der Waals surface area (Å²) in [6.45, 7) is 2.80. The Morgan fingerprint density at radius 2 is 2.21 bits per heavy atom. The number of aryl methyl sites for hydroxylation is 1. The van der Waals surface area contributed by atoms with Gasteiger partial charge < -0.3 is 5.11 Å². The van der Waals surface area contributed by atoms with Crippen LogP contribution in [0.4, 0.5) is 4.39 Å². The fourth-order valence-corrected chi connectivity index (χ4v) is 2.17. The maximum atomic E-state index is 13.1. The standard InChI is InChI=1S/C14H18FN3O/c1-2-18-14(16-10-17-18)8-12(9-19)6-11-4-3-5-13(15)7-11/h3-5,7,10,12,19H,2,6,8-9H2,1H3. The number of aliphatic hydroxyl groups is 1. The van der Waals surface area contributed by atoms with Crippen LogP contribution in [-0.4, -0.2) is 26.5 Å². The fraction of sp³-hybridized carbons (Fsp3) is 0.429. The van der Waals surface area contributed by atoms with Gasteiger partial charge >= 0.3 is 0 Å². The summed E-state index contributed by atoms with van der Waals surface area (Å²) in [5.41, 5.74) is 0.890. The van der Waals surface area contributed by atoms with Crippen LogP contribution in [0.25, 0.3) is 0 Å². The third-order valence-corrected chi connectivity index (χ3v) is 3.14. The number of hydrogen-bond donors (Lipinski definition) is 1. The number of hydrogen-bond acceptors (Lipinski definition) is 3. The molecule has 102 valence electrons. The van der Waals surface area contributed by atoms with Crippen LogP contribution in [0.5, 0.6) is 0 Å². The number of aliphatic hydroxyl groups excluding tert-OH is 1. The molecule has 0 spiro atoms. The average molecular weight is 263 g/mol. The van der Waals surface area contributed by atoms with Gasteiger partial charge in [-0.1, -0.05) is 12.1 Å². The summed E-state index contributed by atoms with van der Waals surface area (Å²) in [7, 11) is 0. The molecule has 1 aromatic heterocycles. The monoisotopic (exact) mass is 263 g/mol. The quantitative estimate of drug-likeness (QED) is 0.865. The molecule has 0 amide bonds. The first-order valence-electron chi connectivity index (χ1n) is 6.45. The van der Waals surface area contributed by atoms with Crippen molar-refractivity contribution in [1.29, 1.82) is 0 Å². The van der Waals surface area contributed by atoms with Crippen LogP contribution in [0.2, 0.25) is 0 Å². The molecule has 5 heteroatoms. The van der Waals surface area contributed by atoms with Crippen molar-refractivity contribution in [2.75, 3.05) is 6.61 Å². The normalized spacial score (nSPS) is 12.6. The van der Waals surface area contributed by atoms with Crippen LogP contribution in [0.3, 0.4) is 0 Å². The Morgan fingerprint density at radius 3 is 2.89 bits per heavy atom. The number of halogens is 1. The van der Waals surface area contributed by atoms with E-state index in [4.69, 9.17) is 0 Å². The average Bonchev–Trinajstić information content (AvgIpc) is 2.85. The minimum atomic E-state index is -0.245. The van der Waals surface area contributed by atoms with Crippen LogP contribution in [0, 0.1) is 11.7 Å². The van der Waals surface area contributed by atoms with E-state index in [9.17, 15) is 9.50 Å². The van der Waals surface area contributed by atoms with Crippen molar-refractivity contribution in [1.82, 2.24) is 14.8 Å². The van der Waals surface area contributed by atoms with Crippen molar-refractivity contribution in [3.63, 3.8) is 0 Å². The number of nitrogens with zero attached hydrogens (tertiary/aromatic N) is 3. The van der Waals surface area contributed by atoms with E-state index in [1.54, 1.807) is 6.07 Å². The number of aromatic nitrogens is 3. The van der Waals surface area contributed by atoms with Crippen LogP contribution in [-0.2, 0) is 19.4 Å². The molecule has 0 saturated heterocycles. The van der Waals surface area contributed by atoms with Gasteiger partial charge in [-0.25, -0.2) is 9.37 Å². The summed E-state index contributed by atoms with van der Waals surface area (Å²) in [6.07, 6.45) is 2.79. The third-order valence-electron chi connectivity index (χ3n) is 3.14. The van der Waals surface area contributed by atoms with Crippen LogP contribution < -0.4 is 0 Å². The second-order valence-corrected chi connectivity index (χ2v) is 4.58. The Morgan fingerprint density at radius 1 is 1.37 bits per heavy atom. The van der Waals surface area contributed by atoms with Gasteiger partial charge in [0.25, 0.3) is 0 Å². The SMILES string of the molecule is CCn1ncnc1CC(CO)Cc1cccc(F)c1. The molecule has 1 unspecified atom stereocenters. The first-order chi connectivity index (χ1) is 9.22. The van der Waals surface area contributed by atoms with Crippen molar-refractivity contribution in [3.05, 3.63) is 47.8 Å². The molecule has 1 atom stereocenters. The zero-order valence-electron chi connectivity index (χ0n) is 11.0. The minimum absolute atomic E-state index is 0.0244. The molecule has 0 aliphatic heterocycles. The second-order valence-electron chi connectivity index (χ2n) is 4.58. The van der Waals surface area contributed by atoms with E-state index >= 15 is 0 Å². The van der Waals surface area contributed by atoms with Gasteiger partial charge in [-0.05, 0) is 37.0 Å². The molecule has 2 rings (SSSR count). The first kappa shape index (κ1) is 13.7. The Bertz CT molecular complexity index is 527. The molecule has 2 aromatic rings. The molecule has 1 heterocycles. The summed E-state index contributed by atoms with van der Waals surface area (Å²) < 4.78 is 14.9. The molecule has 1 aromatic carbocycles. The summed E-state index contributed by atoms with van der Waals surface area (Å²) in [5, 5.41) is 13.6. The van der Waals surface area contributed by atoms with Crippen LogP contribution in [0.15, 0.2) is 30.6 Å². The first-order valence-corrected chi connectivity index (χ1v) is 6.45. The van der Waals surface area contributed by atoms with Crippen LogP contribution in [0.1, 0.15) is 18.3 Å². The predicted octanol–water partition coefficient (Wildman–Crippen LogP) is 1.83. The molecular weight excluding hydrogens is 245 g/mol. The van der Waals surface area contributed by atoms with Crippen molar-refractivity contribution < 1.29 is 9.50 Å². The van der Waals surface area contributed by atoms with Crippen molar-refractivity contribution >= 4 is 0 Å². The second kappa shape index (κ2) is 6.43. The number of benzene rings is 1. The van der Waals surface area contributed by atoms with E-state index in [1.165, 1.54) is 18.5 Å². The van der Waals surface area contributed by atoms with Gasteiger partial charge in [0, 0.05) is 19.6 Å². The third kappa shape index (κ3) is 3.61. The zero-order valence-corrected chi connectivity index (χ0v) is 11.0. The van der Waals surface area contributed by atoms with E-state index in [0.29, 0.717) is 12.8 Å². The zero-order chi connectivity index (χ0) is 13.7. The molecule has 0 saturated carbocycles. The van der Waals surface area contributed by atoms with Gasteiger partial charge in [0.15, 0.2) is 0 Å². The number of rotatable bonds is 6. The minimum Gasteiger partial charge on any atom is -0.396 e. The fourth-order valence-electron chi connectivity index (χ4n) is 2.17. The maximum Gasteiger partial charge on any atom is 0.138 e. The molecule has 0 bridgehead atoms. The molecule has 0 aliphatic carbocycles. The molecule has 0 radical (unpaired) electrons. The lowest BCUT2D eigenvalue weighted by Crippen LogP contribution is -2.16. The highest BCUT2D eigenvalue weighted by Gasteiger charge is 2.14. The van der Waals surface area contributed by atoms with Crippen LogP contribution >= 0.6 is 0 Å². The summed E-state index contributed by atoms with van der Waals surface area (Å²) in [5.74, 6) is 0.639. The van der Waals surface area contributed by atoms with Gasteiger partial charge in [0.2, 0.25) is 0 Å². The Balaban J connectivity index is 2.04. The lowest BCUT2D eigenvalue weighted by molar-refractivity contribution is 0.222. The molecule has 0 aliphatic rings. The van der Waals surface area contributed by atoms with Crippen molar-refractivity contribution in [3.8, 4) is 0 Å². The van der Waals surface area contributed by atoms with Crippen molar-refractivity contribution in [2.45, 2.75) is 26.3 Å². The van der Waals surface area contributed by atoms with E-state index in [-0.39, 0.29) is 18.3 Å². The Kier molecular flexibility index (Phi) is 4.63. The molecule has 4 nitrogen and oxygen atoms in total. The van der Waals surface area contributed by atoms with Crippen molar-refractivity contribution in [2.24, 2.45) is 5.92 Å². The lowest BCUT2D eigenvalue weighted by Gasteiger charge is -2.14. The molecular formula is C14H18FN3O. The van der Waals surface area contributed by atoms with E-state index < -0.39 is 0 Å². The molecule has 1 N–H and O–H groups in total. The highest BCUT2D eigenvalue weighted by Crippen LogP contribution is 2.14. The lowest BCUT2D eigenvalue weighted by atomic mass is 9.96. The van der Waals surface area contributed by atoms with E-state index in [0.717, 1.165) is 17.9 Å². The topological polar surface area (TPSA) is 50.9 Å². The van der Waals surface area contributed by atoms with E-state index in [1.807, 2.05) is 17.7 Å². The van der Waals surface area contributed by atoms with Gasteiger partial charge in [0.05, 0.1) is 0 Å². The molecule has 0 fully saturated rings. The highest BCUT2D eigenvalue weighted by molar-refractivity contribution is 5.17. The Labute approximate surface area is 111 Å². The maximum absolute atomic E-state index is 13.1. The summed E-state index contributed by atoms with van der Waals surface area (Å²) in [6, 6.07) is 6.49. The smallest absolute Gasteiger partial charge is 0.138 e. The summed E-state index contributed by atoms with van der Waals surface area (Å²) >= 11 is 0. The van der Waals surface area contributed by atoms with Gasteiger partial charge in [-0.15, -0.1) is 0 Å². The van der Waals surface area contributed by atoms with Gasteiger partial charge in [-0.3, -0.25) is 4.68 Å². The summed E-state index contributed by atoms with van der Waals surface area (Å²) in [4.78, 5) is 4.20. The van der Waals surface area contributed by atoms with Gasteiger partial charge in [0.1, 0.15) is 18.0 Å². The van der Waals surface area contributed by atoms with E-state index in [2.05, 4.69) is 10.1 Å². The highest BCUT2D eigenvalue weighted by atomic mass is 19.1.